The highest BCUT2D eigenvalue weighted by atomic mass is 32.2. The Hall–Kier alpha value is -1.51. The number of aliphatic hydroxyl groups is 1. The molecule has 1 N–H and O–H groups in total. The predicted octanol–water partition coefficient (Wildman–Crippen LogP) is 0.469. The van der Waals surface area contributed by atoms with E-state index in [0.717, 1.165) is 9.87 Å². The number of β-amino-alcohol motifs (C(OH)–C–C–N with tert-alkyl or cyclic N) is 1. The van der Waals surface area contributed by atoms with Crippen molar-refractivity contribution in [1.29, 1.82) is 0 Å². The highest BCUT2D eigenvalue weighted by Gasteiger charge is 2.37. The number of benzene rings is 1. The minimum atomic E-state index is -3.43. The van der Waals surface area contributed by atoms with E-state index < -0.39 is 22.0 Å². The molecular formula is C16H23FN2O4S. The maximum atomic E-state index is 13.1. The molecule has 1 aromatic rings. The number of likely N-dealkylation sites (tertiary alicyclic amines) is 1. The number of hydrogen-bond acceptors (Lipinski definition) is 4. The van der Waals surface area contributed by atoms with Crippen molar-refractivity contribution in [3.05, 3.63) is 35.6 Å². The zero-order chi connectivity index (χ0) is 17.9. The molecule has 1 aliphatic rings. The van der Waals surface area contributed by atoms with Crippen LogP contribution in [0.1, 0.15) is 12.0 Å². The molecule has 2 atom stereocenters. The molecule has 0 unspecified atom stereocenters. The average molecular weight is 358 g/mol. The molecule has 1 amide bonds. The Morgan fingerprint density at radius 2 is 2.08 bits per heavy atom. The Morgan fingerprint density at radius 1 is 1.38 bits per heavy atom. The first-order valence-corrected chi connectivity index (χ1v) is 9.40. The number of nitrogens with zero attached hydrogens (tertiary/aromatic N) is 2. The van der Waals surface area contributed by atoms with Gasteiger partial charge in [0.15, 0.2) is 0 Å². The van der Waals surface area contributed by atoms with Crippen LogP contribution in [0.4, 0.5) is 4.39 Å². The quantitative estimate of drug-likeness (QED) is 0.802. The summed E-state index contributed by atoms with van der Waals surface area (Å²) in [6.45, 7) is 0.353. The van der Waals surface area contributed by atoms with Gasteiger partial charge in [-0.1, -0.05) is 12.1 Å². The van der Waals surface area contributed by atoms with E-state index >= 15 is 0 Å². The molecule has 1 aliphatic heterocycles. The van der Waals surface area contributed by atoms with Crippen LogP contribution in [0.15, 0.2) is 24.3 Å². The van der Waals surface area contributed by atoms with Crippen LogP contribution in [-0.4, -0.2) is 67.7 Å². The molecule has 1 saturated heterocycles. The summed E-state index contributed by atoms with van der Waals surface area (Å²) < 4.78 is 38.1. The fraction of sp³-hybridized carbons (Fsp3) is 0.562. The first-order chi connectivity index (χ1) is 11.2. The monoisotopic (exact) mass is 358 g/mol. The van der Waals surface area contributed by atoms with Gasteiger partial charge in [-0.2, -0.15) is 0 Å². The minimum Gasteiger partial charge on any atom is -0.391 e. The van der Waals surface area contributed by atoms with E-state index in [4.69, 9.17) is 0 Å². The number of hydrogen-bond donors (Lipinski definition) is 1. The number of sulfonamides is 1. The number of halogens is 1. The van der Waals surface area contributed by atoms with Gasteiger partial charge in [-0.15, -0.1) is 0 Å². The highest BCUT2D eigenvalue weighted by molar-refractivity contribution is 7.89. The van der Waals surface area contributed by atoms with Crippen LogP contribution in [0, 0.1) is 11.7 Å². The lowest BCUT2D eigenvalue weighted by atomic mass is 10.1. The number of rotatable bonds is 6. The van der Waals surface area contributed by atoms with Gasteiger partial charge < -0.3 is 10.0 Å². The van der Waals surface area contributed by atoms with Crippen LogP contribution in [-0.2, 0) is 21.2 Å². The van der Waals surface area contributed by atoms with E-state index in [2.05, 4.69) is 0 Å². The van der Waals surface area contributed by atoms with Crippen molar-refractivity contribution in [3.63, 3.8) is 0 Å². The molecule has 2 rings (SSSR count). The fourth-order valence-electron chi connectivity index (χ4n) is 2.74. The van der Waals surface area contributed by atoms with Gasteiger partial charge in [-0.25, -0.2) is 17.1 Å². The van der Waals surface area contributed by atoms with Gasteiger partial charge in [0.05, 0.1) is 11.9 Å². The maximum Gasteiger partial charge on any atom is 0.223 e. The predicted molar refractivity (Wildman–Crippen MR) is 88.3 cm³/mol. The van der Waals surface area contributed by atoms with Crippen LogP contribution in [0.3, 0.4) is 0 Å². The molecule has 0 saturated carbocycles. The van der Waals surface area contributed by atoms with Gasteiger partial charge in [0.25, 0.3) is 0 Å². The van der Waals surface area contributed by atoms with Crippen molar-refractivity contribution in [1.82, 2.24) is 9.21 Å². The van der Waals surface area contributed by atoms with Gasteiger partial charge in [0.2, 0.25) is 15.9 Å². The molecule has 0 aromatic heterocycles. The topological polar surface area (TPSA) is 77.9 Å². The lowest BCUT2D eigenvalue weighted by molar-refractivity contribution is -0.130. The molecule has 1 aromatic carbocycles. The zero-order valence-electron chi connectivity index (χ0n) is 13.9. The van der Waals surface area contributed by atoms with Gasteiger partial charge in [0.1, 0.15) is 5.82 Å². The Morgan fingerprint density at radius 3 is 2.71 bits per heavy atom. The summed E-state index contributed by atoms with van der Waals surface area (Å²) in [4.78, 5) is 13.7. The molecule has 6 nitrogen and oxygen atoms in total. The molecule has 0 spiro atoms. The number of amides is 1. The fourth-order valence-corrected chi connectivity index (χ4v) is 3.91. The number of aliphatic hydroxyl groups excluding tert-OH is 1. The van der Waals surface area contributed by atoms with Crippen molar-refractivity contribution >= 4 is 15.9 Å². The van der Waals surface area contributed by atoms with Crippen molar-refractivity contribution < 1.29 is 22.7 Å². The summed E-state index contributed by atoms with van der Waals surface area (Å²) in [6.07, 6.45) is -0.245. The summed E-state index contributed by atoms with van der Waals surface area (Å²) in [5.41, 5.74) is 0.731. The Balaban J connectivity index is 1.90. The summed E-state index contributed by atoms with van der Waals surface area (Å²) >= 11 is 0. The second-order valence-corrected chi connectivity index (χ2v) is 8.54. The van der Waals surface area contributed by atoms with E-state index in [1.165, 1.54) is 31.1 Å². The molecule has 0 bridgehead atoms. The molecule has 1 heterocycles. The largest absolute Gasteiger partial charge is 0.391 e. The lowest BCUT2D eigenvalue weighted by Crippen LogP contribution is -2.33. The van der Waals surface area contributed by atoms with Crippen LogP contribution in [0.25, 0.3) is 0 Å². The smallest absolute Gasteiger partial charge is 0.223 e. The van der Waals surface area contributed by atoms with Crippen molar-refractivity contribution in [3.8, 4) is 0 Å². The molecule has 24 heavy (non-hydrogen) atoms. The number of carbonyl (C=O) groups is 1. The maximum absolute atomic E-state index is 13.1. The summed E-state index contributed by atoms with van der Waals surface area (Å²) in [5.74, 6) is -1.18. The third kappa shape index (κ3) is 4.75. The molecule has 8 heteroatoms. The van der Waals surface area contributed by atoms with E-state index in [1.54, 1.807) is 12.1 Å². The van der Waals surface area contributed by atoms with Crippen LogP contribution in [0.2, 0.25) is 0 Å². The van der Waals surface area contributed by atoms with Gasteiger partial charge in [0, 0.05) is 39.5 Å². The van der Waals surface area contributed by atoms with E-state index in [0.29, 0.717) is 6.42 Å². The first-order valence-electron chi connectivity index (χ1n) is 7.79. The zero-order valence-corrected chi connectivity index (χ0v) is 14.7. The second-order valence-electron chi connectivity index (χ2n) is 6.32. The standard InChI is InChI=1S/C16H23FN2O4S/c1-18(2)24(22,23)11-13-9-19(10-15(13)20)16(21)7-6-12-4-3-5-14(17)8-12/h3-5,8,13,15,20H,6-7,9-11H2,1-2H3/t13-,15+/m0/s1. The third-order valence-electron chi connectivity index (χ3n) is 4.26. The molecular weight excluding hydrogens is 335 g/mol. The summed E-state index contributed by atoms with van der Waals surface area (Å²) in [5, 5.41) is 10.0. The van der Waals surface area contributed by atoms with Crippen molar-refractivity contribution in [2.75, 3.05) is 32.9 Å². The second kappa shape index (κ2) is 7.58. The number of carbonyl (C=O) groups excluding carboxylic acids is 1. The molecule has 0 radical (unpaired) electrons. The van der Waals surface area contributed by atoms with Crippen molar-refractivity contribution in [2.45, 2.75) is 18.9 Å². The van der Waals surface area contributed by atoms with E-state index in [9.17, 15) is 22.7 Å². The Bertz CT molecular complexity index is 693. The number of aryl methyl sites for hydroxylation is 1. The van der Waals surface area contributed by atoms with Gasteiger partial charge in [-0.05, 0) is 24.1 Å². The van der Waals surface area contributed by atoms with Gasteiger partial charge >= 0.3 is 0 Å². The molecule has 0 aliphatic carbocycles. The van der Waals surface area contributed by atoms with Crippen LogP contribution < -0.4 is 0 Å². The molecule has 1 fully saturated rings. The summed E-state index contributed by atoms with van der Waals surface area (Å²) in [6, 6.07) is 6.08. The third-order valence-corrected chi connectivity index (χ3v) is 6.22. The van der Waals surface area contributed by atoms with Crippen LogP contribution >= 0.6 is 0 Å². The SMILES string of the molecule is CN(C)S(=O)(=O)C[C@@H]1CN(C(=O)CCc2cccc(F)c2)C[C@H]1O. The van der Waals surface area contributed by atoms with E-state index in [1.807, 2.05) is 0 Å². The minimum absolute atomic E-state index is 0.135. The Labute approximate surface area is 141 Å². The van der Waals surface area contributed by atoms with Crippen LogP contribution in [0.5, 0.6) is 0 Å². The van der Waals surface area contributed by atoms with E-state index in [-0.39, 0.29) is 37.0 Å². The van der Waals surface area contributed by atoms with Gasteiger partial charge in [-0.3, -0.25) is 4.79 Å². The van der Waals surface area contributed by atoms with Crippen molar-refractivity contribution in [2.24, 2.45) is 5.92 Å². The molecule has 134 valence electrons. The highest BCUT2D eigenvalue weighted by Crippen LogP contribution is 2.21. The average Bonchev–Trinajstić information content (AvgIpc) is 2.85. The Kier molecular flexibility index (Phi) is 5.95. The first kappa shape index (κ1) is 18.8. The summed E-state index contributed by atoms with van der Waals surface area (Å²) in [7, 11) is -0.544. The lowest BCUT2D eigenvalue weighted by Gasteiger charge is -2.18. The normalized spacial score (nSPS) is 21.5.